The number of unbranched alkanes of at least 4 members (excludes halogenated alkanes) is 1. The zero-order chi connectivity index (χ0) is 15.1. The highest BCUT2D eigenvalue weighted by atomic mass is 15.3. The van der Waals surface area contributed by atoms with Crippen molar-refractivity contribution in [3.05, 3.63) is 12.4 Å². The molecule has 0 saturated heterocycles. The van der Waals surface area contributed by atoms with Gasteiger partial charge in [0.05, 0.1) is 6.07 Å². The second kappa shape index (κ2) is 8.64. The molecule has 1 aliphatic rings. The van der Waals surface area contributed by atoms with Crippen molar-refractivity contribution >= 4 is 6.71 Å². The first kappa shape index (κ1) is 17.5. The second-order valence-corrected chi connectivity index (χ2v) is 6.70. The maximum atomic E-state index is 2.48. The van der Waals surface area contributed by atoms with Crippen LogP contribution in [0.3, 0.4) is 0 Å². The Morgan fingerprint density at radius 1 is 1.00 bits per heavy atom. The van der Waals surface area contributed by atoms with Crippen LogP contribution in [0, 0.1) is 0 Å². The van der Waals surface area contributed by atoms with Gasteiger partial charge in [-0.05, 0) is 0 Å². The fraction of sp³-hybridized carbons (Fsp3) is 0.882. The molecule has 20 heavy (non-hydrogen) atoms. The molecular formula is C17H35BN2. The standard InChI is InChI=1S/C17H35BN2/c1-7-10-12-15(4)18(16(9-3)11-8-2)17-19(5)13-14-20(17)6/h13-17H,7-12H2,1-6H3. The van der Waals surface area contributed by atoms with Crippen molar-refractivity contribution in [2.24, 2.45) is 0 Å². The topological polar surface area (TPSA) is 6.48 Å². The number of hydrogen-bond acceptors (Lipinski definition) is 2. The molecule has 1 heterocycles. The minimum Gasteiger partial charge on any atom is -0.366 e. The van der Waals surface area contributed by atoms with E-state index in [1.807, 2.05) is 0 Å². The van der Waals surface area contributed by atoms with Crippen LogP contribution < -0.4 is 0 Å². The van der Waals surface area contributed by atoms with Crippen molar-refractivity contribution in [1.82, 2.24) is 9.80 Å². The van der Waals surface area contributed by atoms with Crippen LogP contribution in [0.1, 0.15) is 66.2 Å². The first-order chi connectivity index (χ1) is 9.56. The summed E-state index contributed by atoms with van der Waals surface area (Å²) in [5.41, 5.74) is 0. The highest BCUT2D eigenvalue weighted by molar-refractivity contribution is 6.63. The molecule has 0 aromatic rings. The van der Waals surface area contributed by atoms with Gasteiger partial charge >= 0.3 is 0 Å². The Morgan fingerprint density at radius 2 is 1.60 bits per heavy atom. The van der Waals surface area contributed by atoms with E-state index in [9.17, 15) is 0 Å². The van der Waals surface area contributed by atoms with Crippen molar-refractivity contribution in [1.29, 1.82) is 0 Å². The van der Waals surface area contributed by atoms with E-state index in [4.69, 9.17) is 0 Å². The van der Waals surface area contributed by atoms with E-state index in [1.54, 1.807) is 0 Å². The molecule has 3 heteroatoms. The zero-order valence-electron chi connectivity index (χ0n) is 14.6. The molecule has 0 bridgehead atoms. The molecule has 2 unspecified atom stereocenters. The van der Waals surface area contributed by atoms with E-state index in [1.165, 1.54) is 38.5 Å². The Bertz CT molecular complexity index is 281. The lowest BCUT2D eigenvalue weighted by molar-refractivity contribution is 0.275. The van der Waals surface area contributed by atoms with Crippen molar-refractivity contribution in [3.63, 3.8) is 0 Å². The molecule has 2 nitrogen and oxygen atoms in total. The monoisotopic (exact) mass is 278 g/mol. The largest absolute Gasteiger partial charge is 0.366 e. The molecule has 0 aromatic carbocycles. The van der Waals surface area contributed by atoms with Gasteiger partial charge in [-0.2, -0.15) is 0 Å². The van der Waals surface area contributed by atoms with Crippen molar-refractivity contribution in [3.8, 4) is 0 Å². The van der Waals surface area contributed by atoms with Gasteiger partial charge in [-0.25, -0.2) is 0 Å². The van der Waals surface area contributed by atoms with Crippen LogP contribution in [0.4, 0.5) is 0 Å². The van der Waals surface area contributed by atoms with Gasteiger partial charge in [0.25, 0.3) is 0 Å². The predicted octanol–water partition coefficient (Wildman–Crippen LogP) is 4.86. The zero-order valence-corrected chi connectivity index (χ0v) is 14.6. The molecule has 0 spiro atoms. The van der Waals surface area contributed by atoms with E-state index < -0.39 is 0 Å². The average Bonchev–Trinajstić information content (AvgIpc) is 2.76. The van der Waals surface area contributed by atoms with Gasteiger partial charge in [0.15, 0.2) is 6.71 Å². The van der Waals surface area contributed by atoms with E-state index in [2.05, 4.69) is 64.0 Å². The molecule has 0 saturated carbocycles. The Hall–Kier alpha value is -0.595. The third-order valence-corrected chi connectivity index (χ3v) is 5.11. The normalized spacial score (nSPS) is 18.7. The van der Waals surface area contributed by atoms with E-state index in [0.29, 0.717) is 6.07 Å². The van der Waals surface area contributed by atoms with Crippen LogP contribution in [0.25, 0.3) is 0 Å². The highest BCUT2D eigenvalue weighted by Gasteiger charge is 2.40. The molecule has 0 amide bonds. The van der Waals surface area contributed by atoms with Crippen LogP contribution in [-0.2, 0) is 0 Å². The van der Waals surface area contributed by atoms with Gasteiger partial charge in [-0.15, -0.1) is 0 Å². The molecule has 0 aromatic heterocycles. The first-order valence-electron chi connectivity index (χ1n) is 8.68. The minimum absolute atomic E-state index is 0.554. The lowest BCUT2D eigenvalue weighted by Crippen LogP contribution is -2.51. The summed E-state index contributed by atoms with van der Waals surface area (Å²) < 4.78 is 0. The minimum atomic E-state index is 0.554. The molecule has 1 rings (SSSR count). The van der Waals surface area contributed by atoms with Crippen LogP contribution in [-0.4, -0.2) is 36.7 Å². The number of rotatable bonds is 9. The fourth-order valence-corrected chi connectivity index (χ4v) is 3.98. The Kier molecular flexibility index (Phi) is 7.54. The third kappa shape index (κ3) is 4.20. The van der Waals surface area contributed by atoms with Crippen molar-refractivity contribution < 1.29 is 0 Å². The highest BCUT2D eigenvalue weighted by Crippen LogP contribution is 2.37. The molecule has 0 N–H and O–H groups in total. The fourth-order valence-electron chi connectivity index (χ4n) is 3.98. The summed E-state index contributed by atoms with van der Waals surface area (Å²) in [4.78, 5) is 4.84. The quantitative estimate of drug-likeness (QED) is 0.556. The van der Waals surface area contributed by atoms with Gasteiger partial charge in [-0.1, -0.05) is 77.9 Å². The van der Waals surface area contributed by atoms with Crippen LogP contribution in [0.2, 0.25) is 11.6 Å². The lowest BCUT2D eigenvalue weighted by Gasteiger charge is -2.40. The Labute approximate surface area is 127 Å². The average molecular weight is 278 g/mol. The van der Waals surface area contributed by atoms with E-state index >= 15 is 0 Å². The van der Waals surface area contributed by atoms with Gasteiger partial charge in [-0.3, -0.25) is 0 Å². The summed E-state index contributed by atoms with van der Waals surface area (Å²) in [6.45, 7) is 10.3. The van der Waals surface area contributed by atoms with Gasteiger partial charge in [0, 0.05) is 26.5 Å². The summed E-state index contributed by atoms with van der Waals surface area (Å²) in [6.07, 6.45) is 12.5. The van der Waals surface area contributed by atoms with Crippen LogP contribution in [0.5, 0.6) is 0 Å². The maximum absolute atomic E-state index is 2.48. The molecule has 0 radical (unpaired) electrons. The molecule has 116 valence electrons. The van der Waals surface area contributed by atoms with E-state index in [0.717, 1.165) is 18.3 Å². The van der Waals surface area contributed by atoms with Crippen molar-refractivity contribution in [2.45, 2.75) is 83.9 Å². The van der Waals surface area contributed by atoms with Gasteiger partial charge in [0.2, 0.25) is 0 Å². The number of nitrogens with zero attached hydrogens (tertiary/aromatic N) is 2. The third-order valence-electron chi connectivity index (χ3n) is 5.11. The predicted molar refractivity (Wildman–Crippen MR) is 92.1 cm³/mol. The van der Waals surface area contributed by atoms with Gasteiger partial charge in [0.1, 0.15) is 0 Å². The second-order valence-electron chi connectivity index (χ2n) is 6.70. The first-order valence-corrected chi connectivity index (χ1v) is 8.68. The Balaban J connectivity index is 2.87. The SMILES string of the molecule is CCCCC(C)B(C(CC)CCC)C1N(C)C=CN1C. The molecular weight excluding hydrogens is 243 g/mol. The summed E-state index contributed by atoms with van der Waals surface area (Å²) in [5, 5.41) is 0. The molecule has 1 aliphatic heterocycles. The van der Waals surface area contributed by atoms with E-state index in [-0.39, 0.29) is 0 Å². The summed E-state index contributed by atoms with van der Waals surface area (Å²) >= 11 is 0. The smallest absolute Gasteiger partial charge is 0.199 e. The lowest BCUT2D eigenvalue weighted by atomic mass is 9.30. The van der Waals surface area contributed by atoms with Gasteiger partial charge < -0.3 is 9.80 Å². The summed E-state index contributed by atoms with van der Waals surface area (Å²) in [5.74, 6) is 1.66. The van der Waals surface area contributed by atoms with Crippen LogP contribution in [0.15, 0.2) is 12.4 Å². The van der Waals surface area contributed by atoms with Crippen molar-refractivity contribution in [2.75, 3.05) is 14.1 Å². The summed E-state index contributed by atoms with van der Waals surface area (Å²) in [6, 6.07) is 0.554. The molecule has 0 fully saturated rings. The Morgan fingerprint density at radius 3 is 2.05 bits per heavy atom. The maximum Gasteiger partial charge on any atom is 0.199 e. The summed E-state index contributed by atoms with van der Waals surface area (Å²) in [7, 11) is 4.48. The molecule has 0 aliphatic carbocycles. The number of hydrogen-bond donors (Lipinski definition) is 0. The molecule has 2 atom stereocenters. The van der Waals surface area contributed by atoms with Crippen LogP contribution >= 0.6 is 0 Å².